The molecule has 0 bridgehead atoms. The van der Waals surface area contributed by atoms with Crippen molar-refractivity contribution in [2.75, 3.05) is 7.11 Å². The van der Waals surface area contributed by atoms with Gasteiger partial charge in [-0.2, -0.15) is 0 Å². The Bertz CT molecular complexity index is 1270. The van der Waals surface area contributed by atoms with Crippen LogP contribution >= 0.6 is 0 Å². The molecule has 3 aromatic rings. The Balaban J connectivity index is 1.41. The monoisotopic (exact) mass is 502 g/mol. The zero-order valence-corrected chi connectivity index (χ0v) is 21.6. The first-order valence-corrected chi connectivity index (χ1v) is 13.3. The summed E-state index contributed by atoms with van der Waals surface area (Å²) in [5.74, 6) is 1.77. The van der Waals surface area contributed by atoms with E-state index in [4.69, 9.17) is 9.47 Å². The molecule has 0 spiro atoms. The van der Waals surface area contributed by atoms with Gasteiger partial charge in [0.1, 0.15) is 23.9 Å². The predicted molar refractivity (Wildman–Crippen MR) is 143 cm³/mol. The van der Waals surface area contributed by atoms with Crippen LogP contribution in [0, 0.1) is 17.7 Å². The molecule has 37 heavy (non-hydrogen) atoms. The molecule has 4 nitrogen and oxygen atoms in total. The van der Waals surface area contributed by atoms with E-state index in [-0.39, 0.29) is 18.2 Å². The molecule has 2 fully saturated rings. The average molecular weight is 503 g/mol. The van der Waals surface area contributed by atoms with Gasteiger partial charge in [-0.25, -0.2) is 4.39 Å². The van der Waals surface area contributed by atoms with Gasteiger partial charge in [0, 0.05) is 5.56 Å². The molecule has 0 saturated heterocycles. The van der Waals surface area contributed by atoms with E-state index < -0.39 is 5.97 Å². The lowest BCUT2D eigenvalue weighted by Gasteiger charge is -2.22. The SMILES string of the molecule is COc1ccc(F)c(-c2ccc(COc3cccc([C@H](CC(=O)O)C4CC4)c3)cc2[C@H]2CCCC2C)c1. The fraction of sp³-hybridized carbons (Fsp3) is 0.406. The minimum atomic E-state index is -0.760. The zero-order valence-electron chi connectivity index (χ0n) is 21.6. The summed E-state index contributed by atoms with van der Waals surface area (Å²) in [5, 5.41) is 9.37. The normalized spacial score (nSPS) is 20.0. The Morgan fingerprint density at radius 2 is 1.84 bits per heavy atom. The van der Waals surface area contributed by atoms with Crippen LogP contribution in [0.3, 0.4) is 0 Å². The van der Waals surface area contributed by atoms with Crippen molar-refractivity contribution in [3.63, 3.8) is 0 Å². The maximum Gasteiger partial charge on any atom is 0.303 e. The number of hydrogen-bond donors (Lipinski definition) is 1. The summed E-state index contributed by atoms with van der Waals surface area (Å²) in [4.78, 5) is 11.4. The number of benzene rings is 3. The highest BCUT2D eigenvalue weighted by Gasteiger charge is 2.34. The number of carbonyl (C=O) groups is 1. The molecular formula is C32H35FO4. The van der Waals surface area contributed by atoms with Gasteiger partial charge < -0.3 is 14.6 Å². The van der Waals surface area contributed by atoms with Gasteiger partial charge in [0.15, 0.2) is 0 Å². The third kappa shape index (κ3) is 5.82. The number of hydrogen-bond acceptors (Lipinski definition) is 3. The van der Waals surface area contributed by atoms with Crippen molar-refractivity contribution in [1.29, 1.82) is 0 Å². The van der Waals surface area contributed by atoms with Crippen molar-refractivity contribution >= 4 is 5.97 Å². The van der Waals surface area contributed by atoms with E-state index in [0.717, 1.165) is 41.7 Å². The molecule has 2 aliphatic carbocycles. The summed E-state index contributed by atoms with van der Waals surface area (Å²) >= 11 is 0. The maximum absolute atomic E-state index is 15.0. The van der Waals surface area contributed by atoms with Crippen LogP contribution in [0.4, 0.5) is 4.39 Å². The molecule has 2 saturated carbocycles. The highest BCUT2D eigenvalue weighted by molar-refractivity contribution is 5.71. The molecule has 0 aliphatic heterocycles. The molecule has 0 heterocycles. The smallest absolute Gasteiger partial charge is 0.303 e. The van der Waals surface area contributed by atoms with Crippen LogP contribution in [0.5, 0.6) is 11.5 Å². The molecule has 0 amide bonds. The Morgan fingerprint density at radius 1 is 1.00 bits per heavy atom. The van der Waals surface area contributed by atoms with Crippen LogP contribution in [0.1, 0.15) is 74.0 Å². The Labute approximate surface area is 218 Å². The minimum Gasteiger partial charge on any atom is -0.497 e. The van der Waals surface area contributed by atoms with E-state index in [1.807, 2.05) is 36.4 Å². The molecule has 3 atom stereocenters. The van der Waals surface area contributed by atoms with Crippen molar-refractivity contribution < 1.29 is 23.8 Å². The number of carboxylic acids is 1. The van der Waals surface area contributed by atoms with Crippen LogP contribution in [0.15, 0.2) is 60.7 Å². The minimum absolute atomic E-state index is 0.0357. The van der Waals surface area contributed by atoms with Crippen LogP contribution in [-0.2, 0) is 11.4 Å². The van der Waals surface area contributed by atoms with E-state index >= 15 is 0 Å². The summed E-state index contributed by atoms with van der Waals surface area (Å²) < 4.78 is 26.5. The molecule has 2 aliphatic rings. The van der Waals surface area contributed by atoms with Crippen LogP contribution in [0.25, 0.3) is 11.1 Å². The molecule has 5 rings (SSSR count). The largest absolute Gasteiger partial charge is 0.497 e. The van der Waals surface area contributed by atoms with E-state index in [9.17, 15) is 14.3 Å². The van der Waals surface area contributed by atoms with E-state index in [1.165, 1.54) is 24.5 Å². The Hall–Kier alpha value is -3.34. The number of rotatable bonds is 10. The van der Waals surface area contributed by atoms with Gasteiger partial charge in [-0.05, 0) is 95.5 Å². The van der Waals surface area contributed by atoms with Crippen LogP contribution in [-0.4, -0.2) is 18.2 Å². The van der Waals surface area contributed by atoms with Crippen molar-refractivity contribution in [2.45, 2.75) is 63.9 Å². The molecule has 1 unspecified atom stereocenters. The third-order valence-electron chi connectivity index (χ3n) is 8.12. The molecular weight excluding hydrogens is 467 g/mol. The summed E-state index contributed by atoms with van der Waals surface area (Å²) in [5.41, 5.74) is 4.73. The number of methoxy groups -OCH3 is 1. The first kappa shape index (κ1) is 25.3. The molecule has 0 aromatic heterocycles. The first-order valence-electron chi connectivity index (χ1n) is 13.3. The van der Waals surface area contributed by atoms with Crippen LogP contribution in [0.2, 0.25) is 0 Å². The molecule has 1 N–H and O–H groups in total. The Morgan fingerprint density at radius 3 is 2.54 bits per heavy atom. The molecule has 3 aromatic carbocycles. The van der Waals surface area contributed by atoms with E-state index in [1.54, 1.807) is 19.2 Å². The lowest BCUT2D eigenvalue weighted by Crippen LogP contribution is -2.09. The lowest BCUT2D eigenvalue weighted by molar-refractivity contribution is -0.137. The maximum atomic E-state index is 15.0. The van der Waals surface area contributed by atoms with E-state index in [2.05, 4.69) is 13.0 Å². The van der Waals surface area contributed by atoms with Crippen LogP contribution < -0.4 is 9.47 Å². The fourth-order valence-corrected chi connectivity index (χ4v) is 5.94. The highest BCUT2D eigenvalue weighted by atomic mass is 19.1. The van der Waals surface area contributed by atoms with Crippen molar-refractivity contribution in [3.05, 3.63) is 83.2 Å². The number of ether oxygens (including phenoxy) is 2. The van der Waals surface area contributed by atoms with Gasteiger partial charge in [0.05, 0.1) is 13.5 Å². The van der Waals surface area contributed by atoms with Crippen molar-refractivity contribution in [3.8, 4) is 22.6 Å². The quantitative estimate of drug-likeness (QED) is 0.306. The van der Waals surface area contributed by atoms with Crippen molar-refractivity contribution in [2.24, 2.45) is 11.8 Å². The lowest BCUT2D eigenvalue weighted by atomic mass is 9.84. The molecule has 5 heteroatoms. The first-order chi connectivity index (χ1) is 17.9. The summed E-state index contributed by atoms with van der Waals surface area (Å²) in [6.07, 6.45) is 5.78. The average Bonchev–Trinajstić information content (AvgIpc) is 3.66. The van der Waals surface area contributed by atoms with Gasteiger partial charge in [-0.3, -0.25) is 4.79 Å². The zero-order chi connectivity index (χ0) is 25.9. The van der Waals surface area contributed by atoms with Gasteiger partial charge in [-0.1, -0.05) is 50.1 Å². The molecule has 0 radical (unpaired) electrons. The van der Waals surface area contributed by atoms with Gasteiger partial charge >= 0.3 is 5.97 Å². The third-order valence-corrected chi connectivity index (χ3v) is 8.12. The predicted octanol–water partition coefficient (Wildman–Crippen LogP) is 7.95. The molecule has 194 valence electrons. The summed E-state index contributed by atoms with van der Waals surface area (Å²) in [7, 11) is 1.60. The number of aliphatic carboxylic acids is 1. The second-order valence-electron chi connectivity index (χ2n) is 10.7. The number of halogens is 1. The van der Waals surface area contributed by atoms with E-state index in [0.29, 0.717) is 35.7 Å². The highest BCUT2D eigenvalue weighted by Crippen LogP contribution is 2.46. The fourth-order valence-electron chi connectivity index (χ4n) is 5.94. The summed E-state index contributed by atoms with van der Waals surface area (Å²) in [6, 6.07) is 19.0. The second-order valence-corrected chi connectivity index (χ2v) is 10.7. The summed E-state index contributed by atoms with van der Waals surface area (Å²) in [6.45, 7) is 2.68. The van der Waals surface area contributed by atoms with Gasteiger partial charge in [0.25, 0.3) is 0 Å². The van der Waals surface area contributed by atoms with Crippen molar-refractivity contribution in [1.82, 2.24) is 0 Å². The standard InChI is InChI=1S/C32H35FO4/c1-20-5-3-8-26(20)29-15-21(9-13-27(29)30-17-24(36-2)12-14-31(30)33)19-37-25-7-4-6-23(16-25)28(18-32(34)35)22-10-11-22/h4,6-7,9,12-17,20,22,26,28H,3,5,8,10-11,18-19H2,1-2H3,(H,34,35)/t20?,26-,28+/m0/s1. The van der Waals surface area contributed by atoms with Gasteiger partial charge in [0.2, 0.25) is 0 Å². The second kappa shape index (κ2) is 11.0. The van der Waals surface area contributed by atoms with Gasteiger partial charge in [-0.15, -0.1) is 0 Å². The topological polar surface area (TPSA) is 55.8 Å². The number of carboxylic acid groups (broad SMARTS) is 1. The Kier molecular flexibility index (Phi) is 7.50.